The monoisotopic (exact) mass is 314 g/mol. The molecule has 0 radical (unpaired) electrons. The maximum atomic E-state index is 2.32. The molecule has 122 valence electrons. The Hall–Kier alpha value is -2.34. The standard InChI is InChI=1S/C24H26/c1-17-10-11-24(16-18(17)2)20(4)23-14-12-22(13-15-23)19(3)21-8-6-5-7-9-21/h5-16,19-20H,1-4H3. The summed E-state index contributed by atoms with van der Waals surface area (Å²) in [4.78, 5) is 0. The summed E-state index contributed by atoms with van der Waals surface area (Å²) in [7, 11) is 0. The van der Waals surface area contributed by atoms with Crippen LogP contribution in [-0.4, -0.2) is 0 Å². The van der Waals surface area contributed by atoms with Crippen molar-refractivity contribution in [2.24, 2.45) is 0 Å². The van der Waals surface area contributed by atoms with Crippen LogP contribution in [0.4, 0.5) is 0 Å². The van der Waals surface area contributed by atoms with Gasteiger partial charge in [-0.05, 0) is 47.2 Å². The van der Waals surface area contributed by atoms with Gasteiger partial charge in [-0.25, -0.2) is 0 Å². The van der Waals surface area contributed by atoms with E-state index in [0.717, 1.165) is 0 Å². The van der Waals surface area contributed by atoms with Gasteiger partial charge in [0.15, 0.2) is 0 Å². The fourth-order valence-corrected chi connectivity index (χ4v) is 3.23. The second-order valence-electron chi connectivity index (χ2n) is 6.86. The summed E-state index contributed by atoms with van der Waals surface area (Å²) >= 11 is 0. The SMILES string of the molecule is Cc1ccc(C(C)c2ccc(C(C)c3ccccc3)cc2)cc1C. The van der Waals surface area contributed by atoms with Gasteiger partial charge in [0, 0.05) is 11.8 Å². The van der Waals surface area contributed by atoms with Gasteiger partial charge in [0.25, 0.3) is 0 Å². The maximum absolute atomic E-state index is 2.32. The molecule has 2 atom stereocenters. The van der Waals surface area contributed by atoms with Gasteiger partial charge in [-0.2, -0.15) is 0 Å². The molecule has 3 rings (SSSR count). The normalized spacial score (nSPS) is 13.5. The Morgan fingerprint density at radius 2 is 0.958 bits per heavy atom. The summed E-state index contributed by atoms with van der Waals surface area (Å²) in [6.07, 6.45) is 0. The van der Waals surface area contributed by atoms with Crippen LogP contribution in [0, 0.1) is 13.8 Å². The Morgan fingerprint density at radius 3 is 1.50 bits per heavy atom. The van der Waals surface area contributed by atoms with Crippen LogP contribution in [0.2, 0.25) is 0 Å². The Balaban J connectivity index is 1.82. The second-order valence-corrected chi connectivity index (χ2v) is 6.86. The molecule has 0 bridgehead atoms. The van der Waals surface area contributed by atoms with Crippen LogP contribution in [-0.2, 0) is 0 Å². The highest BCUT2D eigenvalue weighted by molar-refractivity contribution is 5.39. The average Bonchev–Trinajstić information content (AvgIpc) is 2.63. The molecule has 0 N–H and O–H groups in total. The lowest BCUT2D eigenvalue weighted by Gasteiger charge is -2.17. The van der Waals surface area contributed by atoms with Crippen LogP contribution in [0.1, 0.15) is 59.1 Å². The zero-order valence-corrected chi connectivity index (χ0v) is 15.1. The van der Waals surface area contributed by atoms with Crippen molar-refractivity contribution in [3.63, 3.8) is 0 Å². The molecule has 0 spiro atoms. The van der Waals surface area contributed by atoms with Gasteiger partial charge in [-0.1, -0.05) is 86.6 Å². The lowest BCUT2D eigenvalue weighted by atomic mass is 9.88. The van der Waals surface area contributed by atoms with Gasteiger partial charge >= 0.3 is 0 Å². The molecule has 0 aliphatic rings. The van der Waals surface area contributed by atoms with Crippen molar-refractivity contribution in [2.45, 2.75) is 39.5 Å². The fourth-order valence-electron chi connectivity index (χ4n) is 3.23. The summed E-state index contributed by atoms with van der Waals surface area (Å²) in [5.74, 6) is 0.850. The van der Waals surface area contributed by atoms with E-state index in [2.05, 4.69) is 100 Å². The topological polar surface area (TPSA) is 0 Å². The van der Waals surface area contributed by atoms with Crippen LogP contribution in [0.15, 0.2) is 72.8 Å². The Bertz CT molecular complexity index is 797. The zero-order chi connectivity index (χ0) is 17.1. The van der Waals surface area contributed by atoms with Crippen molar-refractivity contribution in [1.29, 1.82) is 0 Å². The smallest absolute Gasteiger partial charge is 0.00611 e. The highest BCUT2D eigenvalue weighted by atomic mass is 14.2. The molecule has 0 fully saturated rings. The largest absolute Gasteiger partial charge is 0.0622 e. The number of aryl methyl sites for hydroxylation is 2. The molecule has 3 aromatic rings. The number of hydrogen-bond acceptors (Lipinski definition) is 0. The molecular formula is C24H26. The molecular weight excluding hydrogens is 288 g/mol. The van der Waals surface area contributed by atoms with Gasteiger partial charge < -0.3 is 0 Å². The Morgan fingerprint density at radius 1 is 0.500 bits per heavy atom. The van der Waals surface area contributed by atoms with Crippen molar-refractivity contribution < 1.29 is 0 Å². The van der Waals surface area contributed by atoms with E-state index >= 15 is 0 Å². The summed E-state index contributed by atoms with van der Waals surface area (Å²) in [6, 6.07) is 26.7. The molecule has 3 aromatic carbocycles. The molecule has 0 saturated heterocycles. The number of hydrogen-bond donors (Lipinski definition) is 0. The van der Waals surface area contributed by atoms with Gasteiger partial charge in [0.1, 0.15) is 0 Å². The lowest BCUT2D eigenvalue weighted by Crippen LogP contribution is -2.00. The van der Waals surface area contributed by atoms with E-state index in [0.29, 0.717) is 11.8 Å². The molecule has 0 aromatic heterocycles. The highest BCUT2D eigenvalue weighted by Crippen LogP contribution is 2.29. The van der Waals surface area contributed by atoms with Crippen molar-refractivity contribution >= 4 is 0 Å². The third-order valence-corrected chi connectivity index (χ3v) is 5.27. The minimum Gasteiger partial charge on any atom is -0.0622 e. The molecule has 0 nitrogen and oxygen atoms in total. The molecule has 0 heteroatoms. The number of rotatable bonds is 4. The predicted octanol–water partition coefficient (Wildman–Crippen LogP) is 6.61. The highest BCUT2D eigenvalue weighted by Gasteiger charge is 2.12. The third-order valence-electron chi connectivity index (χ3n) is 5.27. The van der Waals surface area contributed by atoms with Crippen LogP contribution in [0.5, 0.6) is 0 Å². The van der Waals surface area contributed by atoms with E-state index in [4.69, 9.17) is 0 Å². The van der Waals surface area contributed by atoms with E-state index in [1.165, 1.54) is 33.4 Å². The van der Waals surface area contributed by atoms with Gasteiger partial charge in [0.2, 0.25) is 0 Å². The van der Waals surface area contributed by atoms with Crippen molar-refractivity contribution in [3.05, 3.63) is 106 Å². The quantitative estimate of drug-likeness (QED) is 0.508. The van der Waals surface area contributed by atoms with E-state index in [1.807, 2.05) is 0 Å². The van der Waals surface area contributed by atoms with Crippen LogP contribution < -0.4 is 0 Å². The van der Waals surface area contributed by atoms with Crippen LogP contribution in [0.25, 0.3) is 0 Å². The molecule has 2 unspecified atom stereocenters. The van der Waals surface area contributed by atoms with Crippen LogP contribution >= 0.6 is 0 Å². The average molecular weight is 314 g/mol. The summed E-state index contributed by atoms with van der Waals surface area (Å²) < 4.78 is 0. The predicted molar refractivity (Wildman–Crippen MR) is 104 cm³/mol. The second kappa shape index (κ2) is 7.05. The van der Waals surface area contributed by atoms with E-state index < -0.39 is 0 Å². The van der Waals surface area contributed by atoms with Gasteiger partial charge in [-0.3, -0.25) is 0 Å². The first-order chi connectivity index (χ1) is 11.6. The Kier molecular flexibility index (Phi) is 4.85. The first-order valence-electron chi connectivity index (χ1n) is 8.78. The van der Waals surface area contributed by atoms with E-state index in [1.54, 1.807) is 0 Å². The minimum atomic E-state index is 0.422. The molecule has 0 aliphatic heterocycles. The van der Waals surface area contributed by atoms with Crippen molar-refractivity contribution in [1.82, 2.24) is 0 Å². The van der Waals surface area contributed by atoms with Gasteiger partial charge in [0.05, 0.1) is 0 Å². The molecule has 0 saturated carbocycles. The third kappa shape index (κ3) is 3.43. The summed E-state index contributed by atoms with van der Waals surface area (Å²) in [5, 5.41) is 0. The van der Waals surface area contributed by atoms with Crippen LogP contribution in [0.3, 0.4) is 0 Å². The molecule has 0 aliphatic carbocycles. The minimum absolute atomic E-state index is 0.422. The summed E-state index contributed by atoms with van der Waals surface area (Å²) in [6.45, 7) is 8.93. The van der Waals surface area contributed by atoms with Crippen molar-refractivity contribution in [3.8, 4) is 0 Å². The first kappa shape index (κ1) is 16.5. The lowest BCUT2D eigenvalue weighted by molar-refractivity contribution is 0.897. The fraction of sp³-hybridized carbons (Fsp3) is 0.250. The van der Waals surface area contributed by atoms with Gasteiger partial charge in [-0.15, -0.1) is 0 Å². The Labute approximate surface area is 146 Å². The van der Waals surface area contributed by atoms with E-state index in [-0.39, 0.29) is 0 Å². The maximum Gasteiger partial charge on any atom is 0.00611 e. The van der Waals surface area contributed by atoms with Crippen molar-refractivity contribution in [2.75, 3.05) is 0 Å². The number of benzene rings is 3. The molecule has 24 heavy (non-hydrogen) atoms. The molecule has 0 heterocycles. The molecule has 0 amide bonds. The summed E-state index contributed by atoms with van der Waals surface area (Å²) in [5.41, 5.74) is 8.24. The zero-order valence-electron chi connectivity index (χ0n) is 15.1. The first-order valence-corrected chi connectivity index (χ1v) is 8.78. The van der Waals surface area contributed by atoms with E-state index in [9.17, 15) is 0 Å².